The third kappa shape index (κ3) is 4.64. The highest BCUT2D eigenvalue weighted by atomic mass is 16.6. The fourth-order valence-corrected chi connectivity index (χ4v) is 4.33. The van der Waals surface area contributed by atoms with Crippen LogP contribution in [0.2, 0.25) is 0 Å². The first-order chi connectivity index (χ1) is 17.5. The third-order valence-electron chi connectivity index (χ3n) is 6.58. The lowest BCUT2D eigenvalue weighted by atomic mass is 9.87. The molecule has 1 aliphatic heterocycles. The van der Waals surface area contributed by atoms with Gasteiger partial charge in [-0.1, -0.05) is 32.0 Å². The quantitative estimate of drug-likeness (QED) is 0.404. The molecule has 4 heterocycles. The minimum absolute atomic E-state index is 0.116. The summed E-state index contributed by atoms with van der Waals surface area (Å²) >= 11 is 0. The zero-order valence-corrected chi connectivity index (χ0v) is 20.5. The number of carbonyl (C=O) groups excluding carboxylic acids is 1. The van der Waals surface area contributed by atoms with Gasteiger partial charge in [0, 0.05) is 43.0 Å². The van der Waals surface area contributed by atoms with E-state index in [1.54, 1.807) is 25.5 Å². The molecular weight excluding hydrogens is 456 g/mol. The van der Waals surface area contributed by atoms with Gasteiger partial charge in [-0.15, -0.1) is 0 Å². The van der Waals surface area contributed by atoms with Crippen molar-refractivity contribution >= 4 is 22.6 Å². The van der Waals surface area contributed by atoms with Crippen LogP contribution in [-0.4, -0.2) is 52.6 Å². The first-order valence-corrected chi connectivity index (χ1v) is 12.0. The zero-order valence-electron chi connectivity index (χ0n) is 20.5. The SMILES string of the molecule is CNC(=O)c1ccnc2c([C@H](C)C(C)CNc3cc(-c4cnc5c(c4)OCCO5)ncn3)cccc12. The molecule has 0 saturated heterocycles. The van der Waals surface area contributed by atoms with E-state index in [1.807, 2.05) is 24.3 Å². The molecule has 4 aromatic rings. The highest BCUT2D eigenvalue weighted by Crippen LogP contribution is 2.33. The summed E-state index contributed by atoms with van der Waals surface area (Å²) in [5, 5.41) is 7.01. The minimum Gasteiger partial charge on any atom is -0.484 e. The number of aromatic nitrogens is 4. The Bertz CT molecular complexity index is 1410. The number of pyridine rings is 2. The molecule has 0 spiro atoms. The Morgan fingerprint density at radius 1 is 1.06 bits per heavy atom. The number of fused-ring (bicyclic) bond motifs is 2. The maximum absolute atomic E-state index is 12.3. The molecule has 0 radical (unpaired) electrons. The van der Waals surface area contributed by atoms with Crippen molar-refractivity contribution in [3.8, 4) is 22.9 Å². The molecule has 2 atom stereocenters. The topological polar surface area (TPSA) is 111 Å². The van der Waals surface area contributed by atoms with Crippen LogP contribution in [-0.2, 0) is 0 Å². The van der Waals surface area contributed by atoms with Crippen molar-refractivity contribution in [2.45, 2.75) is 19.8 Å². The minimum atomic E-state index is -0.116. The van der Waals surface area contributed by atoms with Crippen LogP contribution in [0, 0.1) is 5.92 Å². The van der Waals surface area contributed by atoms with Gasteiger partial charge in [-0.2, -0.15) is 0 Å². The zero-order chi connectivity index (χ0) is 25.1. The summed E-state index contributed by atoms with van der Waals surface area (Å²) in [7, 11) is 1.64. The summed E-state index contributed by atoms with van der Waals surface area (Å²) in [6, 6.07) is 11.6. The van der Waals surface area contributed by atoms with Crippen LogP contribution < -0.4 is 20.1 Å². The van der Waals surface area contributed by atoms with Gasteiger partial charge in [-0.3, -0.25) is 9.78 Å². The molecule has 3 aromatic heterocycles. The van der Waals surface area contributed by atoms with E-state index >= 15 is 0 Å². The van der Waals surface area contributed by atoms with Crippen molar-refractivity contribution in [3.63, 3.8) is 0 Å². The maximum Gasteiger partial charge on any atom is 0.257 e. The fourth-order valence-electron chi connectivity index (χ4n) is 4.33. The van der Waals surface area contributed by atoms with Gasteiger partial charge in [0.05, 0.1) is 16.8 Å². The summed E-state index contributed by atoms with van der Waals surface area (Å²) < 4.78 is 11.2. The highest BCUT2D eigenvalue weighted by Gasteiger charge is 2.20. The molecule has 0 aliphatic carbocycles. The number of rotatable bonds is 7. The Hall–Kier alpha value is -4.27. The molecule has 1 aromatic carbocycles. The number of para-hydroxylation sites is 1. The van der Waals surface area contributed by atoms with Crippen molar-refractivity contribution < 1.29 is 14.3 Å². The normalized spacial score (nSPS) is 14.2. The molecule has 0 bridgehead atoms. The molecule has 9 nitrogen and oxygen atoms in total. The molecule has 0 fully saturated rings. The third-order valence-corrected chi connectivity index (χ3v) is 6.58. The molecule has 1 amide bonds. The van der Waals surface area contributed by atoms with Gasteiger partial charge < -0.3 is 20.1 Å². The average molecular weight is 485 g/mol. The molecule has 1 aliphatic rings. The first-order valence-electron chi connectivity index (χ1n) is 12.0. The molecular formula is C27H28N6O3. The first kappa shape index (κ1) is 23.5. The number of nitrogens with zero attached hydrogens (tertiary/aromatic N) is 4. The van der Waals surface area contributed by atoms with Gasteiger partial charge in [0.1, 0.15) is 25.4 Å². The monoisotopic (exact) mass is 484 g/mol. The van der Waals surface area contributed by atoms with E-state index < -0.39 is 0 Å². The van der Waals surface area contributed by atoms with Crippen LogP contribution in [0.15, 0.2) is 55.1 Å². The number of benzene rings is 1. The summed E-state index contributed by atoms with van der Waals surface area (Å²) in [6.45, 7) is 6.07. The predicted octanol–water partition coefficient (Wildman–Crippen LogP) is 4.07. The number of hydrogen-bond acceptors (Lipinski definition) is 8. The number of amides is 1. The lowest BCUT2D eigenvalue weighted by Crippen LogP contribution is -2.19. The highest BCUT2D eigenvalue weighted by molar-refractivity contribution is 6.06. The lowest BCUT2D eigenvalue weighted by molar-refractivity contribution is 0.0964. The van der Waals surface area contributed by atoms with Gasteiger partial charge in [-0.25, -0.2) is 15.0 Å². The Morgan fingerprint density at radius 3 is 2.78 bits per heavy atom. The van der Waals surface area contributed by atoms with Crippen LogP contribution >= 0.6 is 0 Å². The second kappa shape index (κ2) is 10.2. The number of carbonyl (C=O) groups is 1. The molecule has 36 heavy (non-hydrogen) atoms. The second-order valence-electron chi connectivity index (χ2n) is 8.84. The maximum atomic E-state index is 12.3. The number of nitrogens with one attached hydrogen (secondary N) is 2. The predicted molar refractivity (Wildman–Crippen MR) is 137 cm³/mol. The lowest BCUT2D eigenvalue weighted by Gasteiger charge is -2.22. The molecule has 5 rings (SSSR count). The summed E-state index contributed by atoms with van der Waals surface area (Å²) in [4.78, 5) is 30.1. The van der Waals surface area contributed by atoms with Gasteiger partial charge in [0.25, 0.3) is 11.8 Å². The van der Waals surface area contributed by atoms with Crippen molar-refractivity contribution in [2.75, 3.05) is 32.1 Å². The number of anilines is 1. The number of ether oxygens (including phenoxy) is 2. The van der Waals surface area contributed by atoms with Crippen molar-refractivity contribution in [1.29, 1.82) is 0 Å². The van der Waals surface area contributed by atoms with E-state index in [0.717, 1.165) is 33.5 Å². The van der Waals surface area contributed by atoms with Crippen molar-refractivity contribution in [1.82, 2.24) is 25.3 Å². The molecule has 184 valence electrons. The smallest absolute Gasteiger partial charge is 0.257 e. The summed E-state index contributed by atoms with van der Waals surface area (Å²) in [5.74, 6) is 2.19. The van der Waals surface area contributed by atoms with Crippen LogP contribution in [0.5, 0.6) is 11.6 Å². The Morgan fingerprint density at radius 2 is 1.92 bits per heavy atom. The van der Waals surface area contributed by atoms with E-state index in [9.17, 15) is 4.79 Å². The van der Waals surface area contributed by atoms with Crippen molar-refractivity contribution in [2.24, 2.45) is 5.92 Å². The molecule has 9 heteroatoms. The van der Waals surface area contributed by atoms with Crippen molar-refractivity contribution in [3.05, 3.63) is 66.2 Å². The Balaban J connectivity index is 1.32. The van der Waals surface area contributed by atoms with E-state index in [0.29, 0.717) is 37.0 Å². The van der Waals surface area contributed by atoms with E-state index in [4.69, 9.17) is 9.47 Å². The summed E-state index contributed by atoms with van der Waals surface area (Å²) in [5.41, 5.74) is 4.17. The van der Waals surface area contributed by atoms with Crippen LogP contribution in [0.3, 0.4) is 0 Å². The van der Waals surface area contributed by atoms with Gasteiger partial charge >= 0.3 is 0 Å². The Labute approximate surface area is 209 Å². The standard InChI is InChI=1S/C27H28N6O3/c1-16(17(2)19-5-4-6-20-21(26(34)28-3)7-8-29-25(19)20)13-30-24-12-22(32-15-33-24)18-11-23-27(31-14-18)36-10-9-35-23/h4-8,11-12,14-17H,9-10,13H2,1-3H3,(H,28,34)(H,30,32,33)/t16?,17-/m1/s1. The average Bonchev–Trinajstić information content (AvgIpc) is 2.94. The van der Waals surface area contributed by atoms with Gasteiger partial charge in [0.2, 0.25) is 0 Å². The Kier molecular flexibility index (Phi) is 6.62. The van der Waals surface area contributed by atoms with Gasteiger partial charge in [-0.05, 0) is 29.5 Å². The van der Waals surface area contributed by atoms with Crippen LogP contribution in [0.1, 0.15) is 35.7 Å². The fraction of sp³-hybridized carbons (Fsp3) is 0.296. The van der Waals surface area contributed by atoms with E-state index in [-0.39, 0.29) is 17.7 Å². The van der Waals surface area contributed by atoms with E-state index in [2.05, 4.69) is 50.5 Å². The molecule has 2 N–H and O–H groups in total. The largest absolute Gasteiger partial charge is 0.484 e. The summed E-state index contributed by atoms with van der Waals surface area (Å²) in [6.07, 6.45) is 4.96. The van der Waals surface area contributed by atoms with Gasteiger partial charge in [0.15, 0.2) is 5.75 Å². The van der Waals surface area contributed by atoms with Crippen LogP contribution in [0.25, 0.3) is 22.2 Å². The van der Waals surface area contributed by atoms with E-state index in [1.165, 1.54) is 6.33 Å². The number of hydrogen-bond donors (Lipinski definition) is 2. The second-order valence-corrected chi connectivity index (χ2v) is 8.84. The molecule has 0 saturated carbocycles. The molecule has 1 unspecified atom stereocenters. The van der Waals surface area contributed by atoms with Crippen LogP contribution in [0.4, 0.5) is 5.82 Å².